The molecule has 0 radical (unpaired) electrons. The van der Waals surface area contributed by atoms with Gasteiger partial charge in [0.1, 0.15) is 6.61 Å². The number of ether oxygens (including phenoxy) is 3. The number of carbonyl (C=O) groups is 2. The van der Waals surface area contributed by atoms with Crippen molar-refractivity contribution in [2.45, 2.75) is 206 Å². The largest absolute Gasteiger partial charge is 0.462 e. The highest BCUT2D eigenvalue weighted by Gasteiger charge is 2.36. The third kappa shape index (κ3) is 29.0. The number of esters is 2. The van der Waals surface area contributed by atoms with Crippen LogP contribution in [0.15, 0.2) is 36.5 Å². The standard InChI is InChI=1S/C42H74O6/c1-3-5-7-8-9-10-11-12-13-14-15-16-21-24-27-31-35-42(45)47-38(36-43)37-46-41(44)34-30-26-23-20-18-17-19-22-25-29-33-40-39(48-40)32-28-6-4-2/h17,19-20,23,25,29,38-40,43H,3-16,18,21-22,24,26-28,30-37H2,1-2H3/b19-17-,23-20-,29-25-/t38-,39?,40?/m0/s1. The molecule has 3 atom stereocenters. The van der Waals surface area contributed by atoms with Crippen molar-refractivity contribution in [1.82, 2.24) is 0 Å². The summed E-state index contributed by atoms with van der Waals surface area (Å²) in [5.74, 6) is -0.656. The van der Waals surface area contributed by atoms with Crippen LogP contribution in [0.25, 0.3) is 0 Å². The van der Waals surface area contributed by atoms with Crippen LogP contribution in [0.3, 0.4) is 0 Å². The second-order valence-electron chi connectivity index (χ2n) is 13.8. The van der Waals surface area contributed by atoms with Crippen LogP contribution < -0.4 is 0 Å². The first-order valence-electron chi connectivity index (χ1n) is 20.2. The van der Waals surface area contributed by atoms with E-state index < -0.39 is 6.10 Å². The lowest BCUT2D eigenvalue weighted by Gasteiger charge is -2.15. The molecular weight excluding hydrogens is 600 g/mol. The van der Waals surface area contributed by atoms with Crippen LogP contribution >= 0.6 is 0 Å². The second-order valence-corrected chi connectivity index (χ2v) is 13.8. The van der Waals surface area contributed by atoms with Gasteiger partial charge in [0.25, 0.3) is 0 Å². The van der Waals surface area contributed by atoms with Crippen molar-refractivity contribution in [2.75, 3.05) is 13.2 Å². The molecule has 1 heterocycles. The average molecular weight is 675 g/mol. The molecule has 6 nitrogen and oxygen atoms in total. The van der Waals surface area contributed by atoms with E-state index in [1.807, 2.05) is 0 Å². The quantitative estimate of drug-likeness (QED) is 0.0312. The van der Waals surface area contributed by atoms with E-state index in [0.717, 1.165) is 44.9 Å². The molecular formula is C42H74O6. The zero-order valence-electron chi connectivity index (χ0n) is 31.2. The molecule has 0 aliphatic carbocycles. The minimum Gasteiger partial charge on any atom is -0.462 e. The smallest absolute Gasteiger partial charge is 0.306 e. The van der Waals surface area contributed by atoms with E-state index in [9.17, 15) is 14.7 Å². The Morgan fingerprint density at radius 3 is 1.69 bits per heavy atom. The Kier molecular flexibility index (Phi) is 30.8. The van der Waals surface area contributed by atoms with Crippen LogP contribution in [-0.2, 0) is 23.8 Å². The first-order valence-corrected chi connectivity index (χ1v) is 20.2. The molecule has 6 heteroatoms. The van der Waals surface area contributed by atoms with Crippen LogP contribution in [0, 0.1) is 0 Å². The van der Waals surface area contributed by atoms with Crippen molar-refractivity contribution in [2.24, 2.45) is 0 Å². The van der Waals surface area contributed by atoms with Gasteiger partial charge in [0.2, 0.25) is 0 Å². The fourth-order valence-corrected chi connectivity index (χ4v) is 5.93. The van der Waals surface area contributed by atoms with E-state index in [0.29, 0.717) is 31.5 Å². The number of carbonyl (C=O) groups excluding carboxylic acids is 2. The first kappa shape index (κ1) is 44.1. The lowest BCUT2D eigenvalue weighted by Crippen LogP contribution is -2.28. The Labute approximate surface area is 295 Å². The number of rotatable bonds is 35. The molecule has 0 bridgehead atoms. The van der Waals surface area contributed by atoms with Gasteiger partial charge in [-0.3, -0.25) is 9.59 Å². The van der Waals surface area contributed by atoms with Gasteiger partial charge in [-0.15, -0.1) is 0 Å². The summed E-state index contributed by atoms with van der Waals surface area (Å²) in [7, 11) is 0. The highest BCUT2D eigenvalue weighted by molar-refractivity contribution is 5.70. The molecule has 0 aromatic carbocycles. The maximum atomic E-state index is 12.2. The molecule has 1 aliphatic heterocycles. The molecule has 1 fully saturated rings. The van der Waals surface area contributed by atoms with Gasteiger partial charge in [-0.2, -0.15) is 0 Å². The lowest BCUT2D eigenvalue weighted by molar-refractivity contribution is -0.161. The Bertz CT molecular complexity index is 834. The molecule has 278 valence electrons. The van der Waals surface area contributed by atoms with Crippen molar-refractivity contribution in [3.05, 3.63) is 36.5 Å². The lowest BCUT2D eigenvalue weighted by atomic mass is 10.0. The van der Waals surface area contributed by atoms with E-state index >= 15 is 0 Å². The summed E-state index contributed by atoms with van der Waals surface area (Å²) in [6, 6.07) is 0. The molecule has 1 N–H and O–H groups in total. The van der Waals surface area contributed by atoms with Gasteiger partial charge in [0.05, 0.1) is 18.8 Å². The molecule has 1 aliphatic rings. The highest BCUT2D eigenvalue weighted by Crippen LogP contribution is 2.30. The van der Waals surface area contributed by atoms with Gasteiger partial charge in [-0.25, -0.2) is 0 Å². The third-order valence-electron chi connectivity index (χ3n) is 9.11. The zero-order valence-corrected chi connectivity index (χ0v) is 31.2. The van der Waals surface area contributed by atoms with Crippen LogP contribution in [0.1, 0.15) is 187 Å². The van der Waals surface area contributed by atoms with Crippen LogP contribution in [0.2, 0.25) is 0 Å². The summed E-state index contributed by atoms with van der Waals surface area (Å²) in [5, 5.41) is 9.55. The molecule has 0 spiro atoms. The maximum Gasteiger partial charge on any atom is 0.306 e. The molecule has 0 amide bonds. The Balaban J connectivity index is 1.90. The number of hydrogen-bond acceptors (Lipinski definition) is 6. The Morgan fingerprint density at radius 1 is 0.604 bits per heavy atom. The van der Waals surface area contributed by atoms with Gasteiger partial charge < -0.3 is 19.3 Å². The molecule has 2 unspecified atom stereocenters. The fraction of sp³-hybridized carbons (Fsp3) is 0.810. The number of epoxide rings is 1. The van der Waals surface area contributed by atoms with Crippen molar-refractivity contribution < 1.29 is 28.9 Å². The van der Waals surface area contributed by atoms with E-state index in [4.69, 9.17) is 14.2 Å². The summed E-state index contributed by atoms with van der Waals surface area (Å²) in [6.07, 6.45) is 43.8. The number of aliphatic hydroxyl groups excluding tert-OH is 1. The van der Waals surface area contributed by atoms with Gasteiger partial charge in [0, 0.05) is 12.8 Å². The van der Waals surface area contributed by atoms with E-state index in [1.165, 1.54) is 109 Å². The highest BCUT2D eigenvalue weighted by atomic mass is 16.6. The van der Waals surface area contributed by atoms with Crippen molar-refractivity contribution in [1.29, 1.82) is 0 Å². The average Bonchev–Trinajstić information content (AvgIpc) is 3.84. The number of aliphatic hydroxyl groups is 1. The molecule has 1 rings (SSSR count). The van der Waals surface area contributed by atoms with Crippen LogP contribution in [0.4, 0.5) is 0 Å². The number of allylic oxidation sites excluding steroid dienone is 5. The number of hydrogen-bond donors (Lipinski definition) is 1. The Morgan fingerprint density at radius 2 is 1.10 bits per heavy atom. The molecule has 1 saturated heterocycles. The second kappa shape index (κ2) is 33.6. The zero-order chi connectivity index (χ0) is 34.8. The summed E-state index contributed by atoms with van der Waals surface area (Å²) >= 11 is 0. The maximum absolute atomic E-state index is 12.2. The molecule has 0 aromatic rings. The van der Waals surface area contributed by atoms with Crippen molar-refractivity contribution in [3.8, 4) is 0 Å². The molecule has 0 aromatic heterocycles. The van der Waals surface area contributed by atoms with Gasteiger partial charge >= 0.3 is 11.9 Å². The predicted molar refractivity (Wildman–Crippen MR) is 200 cm³/mol. The van der Waals surface area contributed by atoms with Crippen LogP contribution in [0.5, 0.6) is 0 Å². The SMILES string of the molecule is CCCCCCCCCCCCCCCCCCC(=O)O[C@@H](CO)COC(=O)CCC/C=C\C/C=C\C/C=C\CC1OC1CCCCC. The predicted octanol–water partition coefficient (Wildman–Crippen LogP) is 11.4. The van der Waals surface area contributed by atoms with Gasteiger partial charge in [0.15, 0.2) is 6.10 Å². The van der Waals surface area contributed by atoms with Gasteiger partial charge in [-0.1, -0.05) is 166 Å². The van der Waals surface area contributed by atoms with Crippen molar-refractivity contribution >= 4 is 11.9 Å². The normalized spacial score (nSPS) is 16.7. The number of unbranched alkanes of at least 4 members (excludes halogenated alkanes) is 18. The summed E-state index contributed by atoms with van der Waals surface area (Å²) in [5.41, 5.74) is 0. The van der Waals surface area contributed by atoms with Crippen LogP contribution in [-0.4, -0.2) is 48.6 Å². The minimum atomic E-state index is -0.793. The van der Waals surface area contributed by atoms with E-state index in [-0.39, 0.29) is 25.2 Å². The monoisotopic (exact) mass is 675 g/mol. The topological polar surface area (TPSA) is 85.4 Å². The first-order chi connectivity index (χ1) is 23.6. The summed E-state index contributed by atoms with van der Waals surface area (Å²) in [4.78, 5) is 24.2. The Hall–Kier alpha value is -1.92. The molecule has 0 saturated carbocycles. The van der Waals surface area contributed by atoms with Gasteiger partial charge in [-0.05, 0) is 44.9 Å². The van der Waals surface area contributed by atoms with Crippen molar-refractivity contribution in [3.63, 3.8) is 0 Å². The third-order valence-corrected chi connectivity index (χ3v) is 9.11. The van der Waals surface area contributed by atoms with E-state index in [1.54, 1.807) is 0 Å². The molecule has 48 heavy (non-hydrogen) atoms. The summed E-state index contributed by atoms with van der Waals surface area (Å²) < 4.78 is 16.3. The van der Waals surface area contributed by atoms with E-state index in [2.05, 4.69) is 50.3 Å². The fourth-order valence-electron chi connectivity index (χ4n) is 5.93. The minimum absolute atomic E-state index is 0.0949. The summed E-state index contributed by atoms with van der Waals surface area (Å²) in [6.45, 7) is 4.06.